The van der Waals surface area contributed by atoms with Crippen LogP contribution < -0.4 is 10.6 Å². The van der Waals surface area contributed by atoms with Gasteiger partial charge in [0.1, 0.15) is 0 Å². The SMILES string of the molecule is CNC(=O)NC(=O)CSc1nnnn1-c1ccc(C)cc1C. The molecule has 9 heteroatoms. The van der Waals surface area contributed by atoms with Crippen LogP contribution in [0.25, 0.3) is 5.69 Å². The smallest absolute Gasteiger partial charge is 0.321 e. The van der Waals surface area contributed by atoms with Gasteiger partial charge in [0.25, 0.3) is 0 Å². The summed E-state index contributed by atoms with van der Waals surface area (Å²) in [5.41, 5.74) is 3.03. The predicted octanol–water partition coefficient (Wildman–Crippen LogP) is 0.827. The first-order chi connectivity index (χ1) is 10.5. The molecular weight excluding hydrogens is 304 g/mol. The second kappa shape index (κ2) is 7.03. The van der Waals surface area contributed by atoms with Crippen molar-refractivity contribution >= 4 is 23.7 Å². The number of nitrogens with one attached hydrogen (secondary N) is 2. The van der Waals surface area contributed by atoms with Crippen molar-refractivity contribution in [3.05, 3.63) is 29.3 Å². The zero-order valence-electron chi connectivity index (χ0n) is 12.5. The van der Waals surface area contributed by atoms with Crippen LogP contribution >= 0.6 is 11.8 Å². The van der Waals surface area contributed by atoms with Gasteiger partial charge in [0.2, 0.25) is 11.1 Å². The van der Waals surface area contributed by atoms with Crippen LogP contribution in [0.15, 0.2) is 23.4 Å². The van der Waals surface area contributed by atoms with Crippen LogP contribution in [-0.2, 0) is 4.79 Å². The summed E-state index contributed by atoms with van der Waals surface area (Å²) in [4.78, 5) is 22.6. The Hall–Kier alpha value is -2.42. The molecule has 2 N–H and O–H groups in total. The van der Waals surface area contributed by atoms with E-state index in [9.17, 15) is 9.59 Å². The van der Waals surface area contributed by atoms with Crippen molar-refractivity contribution in [2.45, 2.75) is 19.0 Å². The Morgan fingerprint density at radius 1 is 1.32 bits per heavy atom. The number of amides is 3. The first kappa shape index (κ1) is 16.0. The number of urea groups is 1. The van der Waals surface area contributed by atoms with E-state index in [1.54, 1.807) is 4.68 Å². The molecular formula is C13H16N6O2S. The molecule has 0 saturated heterocycles. The Kier molecular flexibility index (Phi) is 5.10. The third kappa shape index (κ3) is 3.82. The summed E-state index contributed by atoms with van der Waals surface area (Å²) in [7, 11) is 1.44. The van der Waals surface area contributed by atoms with Crippen molar-refractivity contribution in [3.8, 4) is 5.69 Å². The first-order valence-corrected chi connectivity index (χ1v) is 7.50. The minimum Gasteiger partial charge on any atom is -0.341 e. The number of aromatic nitrogens is 4. The Morgan fingerprint density at radius 2 is 2.09 bits per heavy atom. The van der Waals surface area contributed by atoms with Crippen LogP contribution in [0.5, 0.6) is 0 Å². The topological polar surface area (TPSA) is 102 Å². The lowest BCUT2D eigenvalue weighted by Gasteiger charge is -2.08. The van der Waals surface area contributed by atoms with Gasteiger partial charge in [-0.15, -0.1) is 5.10 Å². The highest BCUT2D eigenvalue weighted by atomic mass is 32.2. The molecule has 0 bridgehead atoms. The average Bonchev–Trinajstić information content (AvgIpc) is 2.93. The maximum Gasteiger partial charge on any atom is 0.321 e. The van der Waals surface area contributed by atoms with E-state index in [4.69, 9.17) is 0 Å². The van der Waals surface area contributed by atoms with Crippen LogP contribution in [0.1, 0.15) is 11.1 Å². The Balaban J connectivity index is 2.10. The van der Waals surface area contributed by atoms with E-state index in [1.165, 1.54) is 7.05 Å². The van der Waals surface area contributed by atoms with Gasteiger partial charge in [0.15, 0.2) is 0 Å². The van der Waals surface area contributed by atoms with Crippen LogP contribution in [0.3, 0.4) is 0 Å². The molecule has 3 amide bonds. The van der Waals surface area contributed by atoms with Gasteiger partial charge in [-0.2, -0.15) is 4.68 Å². The van der Waals surface area contributed by atoms with Gasteiger partial charge in [-0.05, 0) is 35.9 Å². The number of tetrazole rings is 1. The third-order valence-electron chi connectivity index (χ3n) is 2.83. The van der Waals surface area contributed by atoms with E-state index in [2.05, 4.69) is 26.2 Å². The van der Waals surface area contributed by atoms with Gasteiger partial charge in [0.05, 0.1) is 11.4 Å². The monoisotopic (exact) mass is 320 g/mol. The number of benzene rings is 1. The number of carbonyl (C=O) groups is 2. The molecule has 0 aliphatic rings. The molecule has 1 aromatic heterocycles. The van der Waals surface area contributed by atoms with Gasteiger partial charge in [-0.3, -0.25) is 10.1 Å². The van der Waals surface area contributed by atoms with Gasteiger partial charge in [-0.1, -0.05) is 29.5 Å². The molecule has 0 fully saturated rings. The number of nitrogens with zero attached hydrogens (tertiary/aromatic N) is 4. The highest BCUT2D eigenvalue weighted by molar-refractivity contribution is 7.99. The number of rotatable bonds is 4. The molecule has 0 unspecified atom stereocenters. The van der Waals surface area contributed by atoms with Gasteiger partial charge in [0, 0.05) is 7.05 Å². The fourth-order valence-electron chi connectivity index (χ4n) is 1.82. The fraction of sp³-hybridized carbons (Fsp3) is 0.308. The summed E-state index contributed by atoms with van der Waals surface area (Å²) >= 11 is 1.16. The van der Waals surface area contributed by atoms with Crippen LogP contribution in [0.2, 0.25) is 0 Å². The molecule has 2 rings (SSSR count). The number of hydrogen-bond acceptors (Lipinski definition) is 6. The van der Waals surface area contributed by atoms with Crippen LogP contribution in [-0.4, -0.2) is 44.9 Å². The summed E-state index contributed by atoms with van der Waals surface area (Å²) in [6, 6.07) is 5.38. The van der Waals surface area contributed by atoms with Gasteiger partial charge in [-0.25, -0.2) is 4.79 Å². The van der Waals surface area contributed by atoms with E-state index in [-0.39, 0.29) is 5.75 Å². The normalized spacial score (nSPS) is 10.3. The molecule has 22 heavy (non-hydrogen) atoms. The molecule has 2 aromatic rings. The van der Waals surface area contributed by atoms with Crippen molar-refractivity contribution in [2.75, 3.05) is 12.8 Å². The quantitative estimate of drug-likeness (QED) is 0.809. The van der Waals surface area contributed by atoms with Crippen LogP contribution in [0, 0.1) is 13.8 Å². The largest absolute Gasteiger partial charge is 0.341 e. The van der Waals surface area contributed by atoms with Crippen molar-refractivity contribution in [1.29, 1.82) is 0 Å². The van der Waals surface area contributed by atoms with E-state index in [1.807, 2.05) is 32.0 Å². The third-order valence-corrected chi connectivity index (χ3v) is 3.75. The highest BCUT2D eigenvalue weighted by Gasteiger charge is 2.14. The number of aryl methyl sites for hydroxylation is 2. The summed E-state index contributed by atoms with van der Waals surface area (Å²) in [5.74, 6) is -0.377. The standard InChI is InChI=1S/C13H16N6O2S/c1-8-4-5-10(9(2)6-8)19-13(16-17-18-19)22-7-11(20)15-12(21)14-3/h4-6H,7H2,1-3H3,(H2,14,15,20,21). The Labute approximate surface area is 131 Å². The average molecular weight is 320 g/mol. The molecule has 8 nitrogen and oxygen atoms in total. The van der Waals surface area contributed by atoms with Crippen molar-refractivity contribution < 1.29 is 9.59 Å². The molecule has 116 valence electrons. The lowest BCUT2D eigenvalue weighted by atomic mass is 10.1. The maximum absolute atomic E-state index is 11.6. The molecule has 0 aliphatic heterocycles. The molecule has 0 spiro atoms. The number of thioether (sulfide) groups is 1. The molecule has 1 heterocycles. The lowest BCUT2D eigenvalue weighted by Crippen LogP contribution is -2.38. The molecule has 1 aromatic carbocycles. The van der Waals surface area contributed by atoms with Crippen LogP contribution in [0.4, 0.5) is 4.79 Å². The minimum absolute atomic E-state index is 0.0404. The summed E-state index contributed by atoms with van der Waals surface area (Å²) < 4.78 is 1.58. The van der Waals surface area contributed by atoms with Crippen molar-refractivity contribution in [2.24, 2.45) is 0 Å². The van der Waals surface area contributed by atoms with Crippen molar-refractivity contribution in [1.82, 2.24) is 30.8 Å². The fourth-order valence-corrected chi connectivity index (χ4v) is 2.50. The van der Waals surface area contributed by atoms with E-state index in [0.29, 0.717) is 5.16 Å². The number of carbonyl (C=O) groups excluding carboxylic acids is 2. The summed E-state index contributed by atoms with van der Waals surface area (Å²) in [6.07, 6.45) is 0. The minimum atomic E-state index is -0.542. The summed E-state index contributed by atoms with van der Waals surface area (Å²) in [6.45, 7) is 3.98. The molecule has 0 atom stereocenters. The number of imide groups is 1. The highest BCUT2D eigenvalue weighted by Crippen LogP contribution is 2.21. The molecule has 0 aliphatic carbocycles. The lowest BCUT2D eigenvalue weighted by molar-refractivity contribution is -0.117. The predicted molar refractivity (Wildman–Crippen MR) is 82.0 cm³/mol. The zero-order valence-corrected chi connectivity index (χ0v) is 13.3. The summed E-state index contributed by atoms with van der Waals surface area (Å²) in [5, 5.41) is 16.5. The Morgan fingerprint density at radius 3 is 2.77 bits per heavy atom. The van der Waals surface area contributed by atoms with Gasteiger partial charge < -0.3 is 5.32 Å². The maximum atomic E-state index is 11.6. The molecule has 0 saturated carbocycles. The van der Waals surface area contributed by atoms with Gasteiger partial charge >= 0.3 is 6.03 Å². The second-order valence-electron chi connectivity index (χ2n) is 4.58. The van der Waals surface area contributed by atoms with E-state index < -0.39 is 11.9 Å². The number of hydrogen-bond donors (Lipinski definition) is 2. The second-order valence-corrected chi connectivity index (χ2v) is 5.52. The van der Waals surface area contributed by atoms with Crippen molar-refractivity contribution in [3.63, 3.8) is 0 Å². The van der Waals surface area contributed by atoms with E-state index >= 15 is 0 Å². The van der Waals surface area contributed by atoms with E-state index in [0.717, 1.165) is 28.6 Å². The molecule has 0 radical (unpaired) electrons. The Bertz CT molecular complexity index is 700. The zero-order chi connectivity index (χ0) is 16.1. The first-order valence-electron chi connectivity index (χ1n) is 6.51.